The third-order valence-electron chi connectivity index (χ3n) is 8.43. The van der Waals surface area contributed by atoms with Crippen molar-refractivity contribution in [2.24, 2.45) is 0 Å². The molecule has 5 heterocycles. The van der Waals surface area contributed by atoms with Crippen LogP contribution in [-0.4, -0.2) is 211 Å². The van der Waals surface area contributed by atoms with Crippen molar-refractivity contribution in [3.63, 3.8) is 0 Å². The lowest BCUT2D eigenvalue weighted by Crippen LogP contribution is -2.67. The van der Waals surface area contributed by atoms with Crippen LogP contribution in [0.2, 0.25) is 0 Å². The molecule has 0 aromatic carbocycles. The Kier molecular flexibility index (Phi) is 11.1. The predicted molar refractivity (Wildman–Crippen MR) is 131 cm³/mol. The molecule has 5 aliphatic rings. The maximum atomic E-state index is 10.9. The second-order valence-electron chi connectivity index (χ2n) is 11.3. The minimum Gasteiger partial charge on any atom is -0.394 e. The standard InChI is InChI=1S/C24H40O20/c25-1-5-9(28)10(29)14(33)22(38-5)42-18-6(2-26)39-23(16(35)12(18)31)43-19-7(3-27)40-24(17(36)13(19)32)44-20-8-4-37-21(41-8)15(34)11(20)30/h5-36H,1-4H2/t5-,6-,7-,8-,9-,10+,11-,12-,13-,14-,15-,16-,17-,18-,19-,20-,21-,22+,23+,24+/m1/s1. The molecule has 5 fully saturated rings. The minimum atomic E-state index is -1.98. The summed E-state index contributed by atoms with van der Waals surface area (Å²) in [6, 6.07) is 0. The number of hydrogen-bond donors (Lipinski definition) is 12. The van der Waals surface area contributed by atoms with Crippen molar-refractivity contribution >= 4 is 0 Å². The Morgan fingerprint density at radius 2 is 0.841 bits per heavy atom. The van der Waals surface area contributed by atoms with Gasteiger partial charge in [-0.25, -0.2) is 0 Å². The van der Waals surface area contributed by atoms with Gasteiger partial charge in [0.1, 0.15) is 97.7 Å². The van der Waals surface area contributed by atoms with Gasteiger partial charge in [-0.05, 0) is 0 Å². The van der Waals surface area contributed by atoms with Crippen LogP contribution >= 0.6 is 0 Å². The molecule has 0 radical (unpaired) electrons. The van der Waals surface area contributed by atoms with E-state index in [1.165, 1.54) is 0 Å². The Bertz CT molecular complexity index is 926. The highest BCUT2D eigenvalue weighted by atomic mass is 16.8. The van der Waals surface area contributed by atoms with Gasteiger partial charge in [0, 0.05) is 0 Å². The van der Waals surface area contributed by atoms with Crippen LogP contribution in [0.5, 0.6) is 0 Å². The first-order valence-electron chi connectivity index (χ1n) is 14.1. The summed E-state index contributed by atoms with van der Waals surface area (Å²) in [6.07, 6.45) is -31.9. The van der Waals surface area contributed by atoms with E-state index in [9.17, 15) is 61.3 Å². The van der Waals surface area contributed by atoms with Gasteiger partial charge in [-0.1, -0.05) is 0 Å². The molecular formula is C24H40O20. The van der Waals surface area contributed by atoms with E-state index < -0.39 is 143 Å². The largest absolute Gasteiger partial charge is 0.394 e. The van der Waals surface area contributed by atoms with Gasteiger partial charge in [-0.15, -0.1) is 0 Å². The Balaban J connectivity index is 1.24. The molecule has 0 spiro atoms. The summed E-state index contributed by atoms with van der Waals surface area (Å²) in [6.45, 7) is -2.50. The van der Waals surface area contributed by atoms with Crippen LogP contribution < -0.4 is 0 Å². The number of rotatable bonds is 9. The number of aliphatic hydroxyl groups excluding tert-OH is 12. The molecule has 20 atom stereocenters. The predicted octanol–water partition coefficient (Wildman–Crippen LogP) is -8.70. The van der Waals surface area contributed by atoms with Crippen molar-refractivity contribution in [1.29, 1.82) is 0 Å². The first kappa shape index (κ1) is 34.5. The lowest BCUT2D eigenvalue weighted by atomic mass is 9.96. The first-order chi connectivity index (χ1) is 20.9. The minimum absolute atomic E-state index is 0.0453. The first-order valence-corrected chi connectivity index (χ1v) is 14.1. The Morgan fingerprint density at radius 1 is 0.432 bits per heavy atom. The monoisotopic (exact) mass is 648 g/mol. The quantitative estimate of drug-likeness (QED) is 0.110. The van der Waals surface area contributed by atoms with E-state index in [4.69, 9.17) is 37.9 Å². The van der Waals surface area contributed by atoms with Crippen molar-refractivity contribution in [3.8, 4) is 0 Å². The highest BCUT2D eigenvalue weighted by molar-refractivity contribution is 4.98. The molecule has 0 amide bonds. The van der Waals surface area contributed by atoms with Gasteiger partial charge in [-0.2, -0.15) is 0 Å². The Labute approximate surface area is 249 Å². The molecule has 5 rings (SSSR count). The average molecular weight is 649 g/mol. The van der Waals surface area contributed by atoms with Gasteiger partial charge in [-0.3, -0.25) is 0 Å². The van der Waals surface area contributed by atoms with Crippen LogP contribution in [0, 0.1) is 0 Å². The van der Waals surface area contributed by atoms with Crippen molar-refractivity contribution in [1.82, 2.24) is 0 Å². The number of hydrogen-bond acceptors (Lipinski definition) is 20. The molecule has 12 N–H and O–H groups in total. The number of ether oxygens (including phenoxy) is 8. The molecule has 5 aliphatic heterocycles. The molecular weight excluding hydrogens is 608 g/mol. The normalized spacial score (nSPS) is 54.8. The molecule has 0 aromatic heterocycles. The van der Waals surface area contributed by atoms with Crippen LogP contribution in [0.4, 0.5) is 0 Å². The van der Waals surface area contributed by atoms with Crippen molar-refractivity contribution in [2.45, 2.75) is 123 Å². The molecule has 0 unspecified atom stereocenters. The van der Waals surface area contributed by atoms with Crippen molar-refractivity contribution in [3.05, 3.63) is 0 Å². The summed E-state index contributed by atoms with van der Waals surface area (Å²) >= 11 is 0. The Hall–Kier alpha value is -0.800. The van der Waals surface area contributed by atoms with Crippen molar-refractivity contribution < 1.29 is 99.2 Å². The van der Waals surface area contributed by atoms with Crippen LogP contribution in [0.3, 0.4) is 0 Å². The summed E-state index contributed by atoms with van der Waals surface area (Å²) in [5.41, 5.74) is 0. The Morgan fingerprint density at radius 3 is 1.32 bits per heavy atom. The second kappa shape index (κ2) is 14.1. The summed E-state index contributed by atoms with van der Waals surface area (Å²) in [4.78, 5) is 0. The molecule has 5 saturated heterocycles. The van der Waals surface area contributed by atoms with E-state index in [2.05, 4.69) is 0 Å². The molecule has 20 heteroatoms. The maximum Gasteiger partial charge on any atom is 0.187 e. The highest BCUT2D eigenvalue weighted by Gasteiger charge is 2.56. The molecule has 2 bridgehead atoms. The fourth-order valence-corrected chi connectivity index (χ4v) is 5.85. The molecule has 256 valence electrons. The van der Waals surface area contributed by atoms with Gasteiger partial charge in [0.2, 0.25) is 0 Å². The number of aliphatic hydroxyl groups is 12. The lowest BCUT2D eigenvalue weighted by Gasteiger charge is -2.48. The zero-order chi connectivity index (χ0) is 32.0. The second-order valence-corrected chi connectivity index (χ2v) is 11.3. The molecule has 44 heavy (non-hydrogen) atoms. The fourth-order valence-electron chi connectivity index (χ4n) is 5.85. The summed E-state index contributed by atoms with van der Waals surface area (Å²) in [7, 11) is 0. The lowest BCUT2D eigenvalue weighted by molar-refractivity contribution is -0.384. The topological polar surface area (TPSA) is 317 Å². The SMILES string of the molecule is OC[C@H]1O[C@@H](O[C@H]2[C@H](O)[C@@H](O)[C@H](O[C@H]3[C@H](O)[C@@H](O)[C@H](O[C@H]4[C@H](O)[C@@H](O)[C@@H]5OC[C@H]4O5)O[C@@H]3CO)O[C@@H]2CO)[C@H](O)[C@@H](O)[C@@H]1O. The third kappa shape index (κ3) is 6.37. The maximum absolute atomic E-state index is 10.9. The van der Waals surface area contributed by atoms with Crippen LogP contribution in [0.15, 0.2) is 0 Å². The fraction of sp³-hybridized carbons (Fsp3) is 1.00. The van der Waals surface area contributed by atoms with E-state index >= 15 is 0 Å². The van der Waals surface area contributed by atoms with Gasteiger partial charge in [0.25, 0.3) is 0 Å². The van der Waals surface area contributed by atoms with Gasteiger partial charge in [0.15, 0.2) is 25.2 Å². The van der Waals surface area contributed by atoms with Gasteiger partial charge >= 0.3 is 0 Å². The molecule has 0 aliphatic carbocycles. The molecule has 0 saturated carbocycles. The van der Waals surface area contributed by atoms with Crippen molar-refractivity contribution in [2.75, 3.05) is 26.4 Å². The van der Waals surface area contributed by atoms with Crippen LogP contribution in [-0.2, 0) is 37.9 Å². The van der Waals surface area contributed by atoms with Crippen LogP contribution in [0.1, 0.15) is 0 Å². The average Bonchev–Trinajstić information content (AvgIpc) is 3.47. The van der Waals surface area contributed by atoms with Gasteiger partial charge in [0.05, 0.1) is 26.4 Å². The smallest absolute Gasteiger partial charge is 0.187 e. The van der Waals surface area contributed by atoms with Crippen LogP contribution in [0.25, 0.3) is 0 Å². The summed E-state index contributed by atoms with van der Waals surface area (Å²) < 4.78 is 43.7. The summed E-state index contributed by atoms with van der Waals surface area (Å²) in [5.74, 6) is 0. The van der Waals surface area contributed by atoms with E-state index in [-0.39, 0.29) is 6.61 Å². The number of fused-ring (bicyclic) bond motifs is 2. The zero-order valence-corrected chi connectivity index (χ0v) is 23.0. The van der Waals surface area contributed by atoms with E-state index in [0.29, 0.717) is 0 Å². The molecule has 0 aromatic rings. The zero-order valence-electron chi connectivity index (χ0n) is 23.0. The molecule has 20 nitrogen and oxygen atoms in total. The van der Waals surface area contributed by atoms with E-state index in [1.54, 1.807) is 0 Å². The third-order valence-corrected chi connectivity index (χ3v) is 8.43. The summed E-state index contributed by atoms with van der Waals surface area (Å²) in [5, 5.41) is 123. The van der Waals surface area contributed by atoms with Gasteiger partial charge < -0.3 is 99.2 Å². The highest BCUT2D eigenvalue weighted by Crippen LogP contribution is 2.35. The van der Waals surface area contributed by atoms with E-state index in [0.717, 1.165) is 0 Å². The van der Waals surface area contributed by atoms with E-state index in [1.807, 2.05) is 0 Å².